The van der Waals surface area contributed by atoms with Crippen molar-refractivity contribution in [1.29, 1.82) is 0 Å². The van der Waals surface area contributed by atoms with Crippen LogP contribution in [0.2, 0.25) is 0 Å². The highest BCUT2D eigenvalue weighted by Gasteiger charge is 2.51. The van der Waals surface area contributed by atoms with Gasteiger partial charge >= 0.3 is 13.3 Å². The van der Waals surface area contributed by atoms with E-state index in [4.69, 9.17) is 9.31 Å². The van der Waals surface area contributed by atoms with Crippen LogP contribution in [-0.4, -0.2) is 51.7 Å². The van der Waals surface area contributed by atoms with E-state index in [1.807, 2.05) is 52.0 Å². The molecule has 1 atom stereocenters. The summed E-state index contributed by atoms with van der Waals surface area (Å²) >= 11 is 0. The predicted molar refractivity (Wildman–Crippen MR) is 138 cm³/mol. The third-order valence-electron chi connectivity index (χ3n) is 7.48. The largest absolute Gasteiger partial charge is 0.494 e. The highest BCUT2D eigenvalue weighted by Crippen LogP contribution is 2.37. The quantitative estimate of drug-likeness (QED) is 0.495. The topological polar surface area (TPSA) is 81.5 Å². The SMILES string of the molecule is Cn1nc(-c2ccc(N3CC(C(F)(F)F)CC3=O)cc2)nc1Nc1ccc(B2OC(C)(C)C(C)(C)O2)cc1. The first-order valence-electron chi connectivity index (χ1n) is 12.3. The van der Waals surface area contributed by atoms with Gasteiger partial charge in [0, 0.05) is 37.0 Å². The number of carbonyl (C=O) groups excluding carboxylic acids is 1. The summed E-state index contributed by atoms with van der Waals surface area (Å²) in [6.45, 7) is 7.67. The number of alkyl halides is 3. The first-order valence-corrected chi connectivity index (χ1v) is 12.3. The second-order valence-corrected chi connectivity index (χ2v) is 10.7. The third-order valence-corrected chi connectivity index (χ3v) is 7.48. The van der Waals surface area contributed by atoms with E-state index in [2.05, 4.69) is 15.4 Å². The van der Waals surface area contributed by atoms with Gasteiger partial charge in [0.2, 0.25) is 11.9 Å². The molecule has 12 heteroatoms. The van der Waals surface area contributed by atoms with Gasteiger partial charge in [0.15, 0.2) is 5.82 Å². The molecule has 1 aromatic heterocycles. The van der Waals surface area contributed by atoms with E-state index >= 15 is 0 Å². The Morgan fingerprint density at radius 2 is 1.61 bits per heavy atom. The Bertz CT molecular complexity index is 1320. The molecule has 0 saturated carbocycles. The summed E-state index contributed by atoms with van der Waals surface area (Å²) in [5.41, 5.74) is 1.96. The normalized spacial score (nSPS) is 20.8. The summed E-state index contributed by atoms with van der Waals surface area (Å²) in [4.78, 5) is 17.9. The highest BCUT2D eigenvalue weighted by atomic mass is 19.4. The Morgan fingerprint density at radius 3 is 2.16 bits per heavy atom. The van der Waals surface area contributed by atoms with E-state index in [0.29, 0.717) is 23.0 Å². The second kappa shape index (κ2) is 9.13. The molecule has 38 heavy (non-hydrogen) atoms. The molecule has 2 aliphatic heterocycles. The van der Waals surface area contributed by atoms with E-state index < -0.39 is 42.7 Å². The molecule has 3 aromatic rings. The molecule has 2 fully saturated rings. The second-order valence-electron chi connectivity index (χ2n) is 10.7. The lowest BCUT2D eigenvalue weighted by Crippen LogP contribution is -2.41. The Balaban J connectivity index is 1.26. The average molecular weight is 527 g/mol. The van der Waals surface area contributed by atoms with E-state index in [0.717, 1.165) is 11.2 Å². The molecule has 0 radical (unpaired) electrons. The Morgan fingerprint density at radius 1 is 1.00 bits per heavy atom. The van der Waals surface area contributed by atoms with Crippen LogP contribution in [0.1, 0.15) is 34.1 Å². The number of carbonyl (C=O) groups is 1. The lowest BCUT2D eigenvalue weighted by atomic mass is 9.79. The molecule has 3 heterocycles. The Kier molecular flexibility index (Phi) is 6.30. The van der Waals surface area contributed by atoms with Gasteiger partial charge in [0.05, 0.1) is 17.1 Å². The fourth-order valence-corrected chi connectivity index (χ4v) is 4.41. The summed E-state index contributed by atoms with van der Waals surface area (Å²) in [5.74, 6) is -1.23. The molecule has 8 nitrogen and oxygen atoms in total. The van der Waals surface area contributed by atoms with Crippen LogP contribution in [0.3, 0.4) is 0 Å². The summed E-state index contributed by atoms with van der Waals surface area (Å²) in [6.07, 6.45) is -4.92. The van der Waals surface area contributed by atoms with E-state index in [-0.39, 0.29) is 6.54 Å². The molecule has 2 aliphatic rings. The predicted octanol–water partition coefficient (Wildman–Crippen LogP) is 4.44. The van der Waals surface area contributed by atoms with E-state index in [1.165, 1.54) is 4.90 Å². The van der Waals surface area contributed by atoms with Gasteiger partial charge in [-0.3, -0.25) is 4.79 Å². The summed E-state index contributed by atoms with van der Waals surface area (Å²) in [7, 11) is 1.31. The van der Waals surface area contributed by atoms with Crippen molar-refractivity contribution in [3.05, 3.63) is 48.5 Å². The summed E-state index contributed by atoms with van der Waals surface area (Å²) < 4.78 is 52.9. The summed E-state index contributed by atoms with van der Waals surface area (Å²) in [6, 6.07) is 14.3. The molecule has 200 valence electrons. The number of benzene rings is 2. The van der Waals surface area contributed by atoms with Crippen molar-refractivity contribution in [2.75, 3.05) is 16.8 Å². The molecule has 0 bridgehead atoms. The van der Waals surface area contributed by atoms with E-state index in [9.17, 15) is 18.0 Å². The number of aromatic nitrogens is 3. The van der Waals surface area contributed by atoms with Gasteiger partial charge < -0.3 is 19.5 Å². The number of amides is 1. The highest BCUT2D eigenvalue weighted by molar-refractivity contribution is 6.62. The van der Waals surface area contributed by atoms with Crippen LogP contribution in [0, 0.1) is 5.92 Å². The van der Waals surface area contributed by atoms with Crippen molar-refractivity contribution < 1.29 is 27.3 Å². The number of nitrogens with zero attached hydrogens (tertiary/aromatic N) is 4. The van der Waals surface area contributed by atoms with Crippen molar-refractivity contribution in [3.63, 3.8) is 0 Å². The van der Waals surface area contributed by atoms with Gasteiger partial charge in [-0.15, -0.1) is 5.10 Å². The lowest BCUT2D eigenvalue weighted by Gasteiger charge is -2.32. The van der Waals surface area contributed by atoms with Gasteiger partial charge in [-0.25, -0.2) is 4.68 Å². The first kappa shape index (κ1) is 26.2. The first-order chi connectivity index (χ1) is 17.7. The monoisotopic (exact) mass is 527 g/mol. The number of nitrogens with one attached hydrogen (secondary N) is 1. The van der Waals surface area contributed by atoms with Crippen LogP contribution >= 0.6 is 0 Å². The number of rotatable bonds is 5. The molecule has 0 spiro atoms. The van der Waals surface area contributed by atoms with E-state index in [1.54, 1.807) is 36.0 Å². The van der Waals surface area contributed by atoms with Crippen molar-refractivity contribution in [3.8, 4) is 11.4 Å². The molecule has 1 unspecified atom stereocenters. The van der Waals surface area contributed by atoms with Gasteiger partial charge in [-0.1, -0.05) is 12.1 Å². The summed E-state index contributed by atoms with van der Waals surface area (Å²) in [5, 5.41) is 7.69. The van der Waals surface area contributed by atoms with Gasteiger partial charge in [0.1, 0.15) is 0 Å². The average Bonchev–Trinajstić information content (AvgIpc) is 3.47. The Hall–Kier alpha value is -3.38. The minimum absolute atomic E-state index is 0.370. The number of hydrogen-bond acceptors (Lipinski definition) is 6. The molecule has 1 amide bonds. The number of aryl methyl sites for hydroxylation is 1. The van der Waals surface area contributed by atoms with Crippen molar-refractivity contribution in [1.82, 2.24) is 14.8 Å². The fourth-order valence-electron chi connectivity index (χ4n) is 4.41. The van der Waals surface area contributed by atoms with Gasteiger partial charge in [-0.05, 0) is 69.6 Å². The maximum Gasteiger partial charge on any atom is 0.494 e. The molecule has 5 rings (SSSR count). The maximum absolute atomic E-state index is 13.0. The zero-order valence-electron chi connectivity index (χ0n) is 21.8. The molecular formula is C26H29BF3N5O3. The smallest absolute Gasteiger partial charge is 0.399 e. The zero-order valence-corrected chi connectivity index (χ0v) is 21.8. The minimum Gasteiger partial charge on any atom is -0.399 e. The number of anilines is 3. The zero-order chi connectivity index (χ0) is 27.5. The van der Waals surface area contributed by atoms with Crippen LogP contribution < -0.4 is 15.7 Å². The van der Waals surface area contributed by atoms with Gasteiger partial charge in [0.25, 0.3) is 0 Å². The van der Waals surface area contributed by atoms with Crippen molar-refractivity contribution >= 4 is 35.8 Å². The van der Waals surface area contributed by atoms with Crippen LogP contribution in [0.25, 0.3) is 11.4 Å². The van der Waals surface area contributed by atoms with Crippen LogP contribution in [0.15, 0.2) is 48.5 Å². The molecule has 2 aromatic carbocycles. The Labute approximate surface area is 219 Å². The molecule has 0 aliphatic carbocycles. The van der Waals surface area contributed by atoms with Gasteiger partial charge in [-0.2, -0.15) is 18.2 Å². The minimum atomic E-state index is -4.39. The van der Waals surface area contributed by atoms with Crippen LogP contribution in [-0.2, 0) is 21.2 Å². The standard InChI is InChI=1S/C26H29BF3N5O3/c1-24(2)25(3,4)38-27(37-24)18-8-10-19(11-9-18)31-23-32-22(33-34(23)5)16-6-12-20(13-7-16)35-15-17(14-21(35)36)26(28,29)30/h6-13,17H,14-15H2,1-5H3,(H,31,32,33). The number of hydrogen-bond donors (Lipinski definition) is 1. The van der Waals surface area contributed by atoms with Crippen LogP contribution in [0.4, 0.5) is 30.5 Å². The molecule has 2 saturated heterocycles. The fraction of sp³-hybridized carbons (Fsp3) is 0.423. The van der Waals surface area contributed by atoms with Crippen LogP contribution in [0.5, 0.6) is 0 Å². The van der Waals surface area contributed by atoms with Crippen molar-refractivity contribution in [2.45, 2.75) is 51.5 Å². The molecular weight excluding hydrogens is 498 g/mol. The maximum atomic E-state index is 13.0. The number of halogens is 3. The lowest BCUT2D eigenvalue weighted by molar-refractivity contribution is -0.169. The van der Waals surface area contributed by atoms with Crippen molar-refractivity contribution in [2.24, 2.45) is 13.0 Å². The third kappa shape index (κ3) is 4.90. The molecule has 1 N–H and O–H groups in total.